The van der Waals surface area contributed by atoms with Crippen LogP contribution in [-0.4, -0.2) is 38.7 Å². The van der Waals surface area contributed by atoms with Crippen LogP contribution >= 0.6 is 11.6 Å². The Balaban J connectivity index is 1.74. The average molecular weight is 471 g/mol. The van der Waals surface area contributed by atoms with Gasteiger partial charge in [-0.3, -0.25) is 4.79 Å². The minimum absolute atomic E-state index is 0.0717. The van der Waals surface area contributed by atoms with E-state index in [1.54, 1.807) is 6.07 Å². The second-order valence-electron chi connectivity index (χ2n) is 9.38. The van der Waals surface area contributed by atoms with Crippen LogP contribution < -0.4 is 16.0 Å². The van der Waals surface area contributed by atoms with Crippen molar-refractivity contribution in [3.63, 3.8) is 0 Å². The zero-order valence-corrected chi connectivity index (χ0v) is 20.2. The van der Waals surface area contributed by atoms with Crippen LogP contribution in [0, 0.1) is 17.2 Å². The first kappa shape index (κ1) is 24.7. The van der Waals surface area contributed by atoms with Crippen LogP contribution in [0.25, 0.3) is 0 Å². The number of aromatic nitrogens is 2. The second kappa shape index (κ2) is 10.4. The molecule has 9 heteroatoms. The fourth-order valence-electron chi connectivity index (χ4n) is 4.05. The number of hydrogen-bond donors (Lipinski definition) is 4. The van der Waals surface area contributed by atoms with Crippen molar-refractivity contribution in [1.82, 2.24) is 15.3 Å². The predicted molar refractivity (Wildman–Crippen MR) is 130 cm³/mol. The molecule has 8 nitrogen and oxygen atoms in total. The van der Waals surface area contributed by atoms with E-state index in [2.05, 4.69) is 25.9 Å². The Morgan fingerprint density at radius 2 is 1.91 bits per heavy atom. The fourth-order valence-corrected chi connectivity index (χ4v) is 4.27. The van der Waals surface area contributed by atoms with Gasteiger partial charge < -0.3 is 21.1 Å². The molecule has 0 unspecified atom stereocenters. The zero-order valence-electron chi connectivity index (χ0n) is 19.4. The number of hydrogen-bond acceptors (Lipinski definition) is 7. The molecule has 1 amide bonds. The number of pyridine rings is 2. The van der Waals surface area contributed by atoms with Crippen molar-refractivity contribution in [3.05, 3.63) is 40.7 Å². The number of carbonyl (C=O) groups excluding carboxylic acids is 1. The summed E-state index contributed by atoms with van der Waals surface area (Å²) in [5.74, 6) is 0.913. The smallest absolute Gasteiger partial charge is 0.255 e. The van der Waals surface area contributed by atoms with Gasteiger partial charge in [0.25, 0.3) is 5.91 Å². The molecule has 0 radical (unpaired) electrons. The van der Waals surface area contributed by atoms with Crippen molar-refractivity contribution in [3.8, 4) is 6.07 Å². The monoisotopic (exact) mass is 470 g/mol. The highest BCUT2D eigenvalue weighted by Crippen LogP contribution is 2.33. The van der Waals surface area contributed by atoms with Crippen molar-refractivity contribution >= 4 is 34.8 Å². The molecule has 2 heterocycles. The highest BCUT2D eigenvalue weighted by atomic mass is 35.5. The Labute approximate surface area is 199 Å². The molecule has 0 saturated heterocycles. The van der Waals surface area contributed by atoms with E-state index in [0.29, 0.717) is 33.5 Å². The average Bonchev–Trinajstić information content (AvgIpc) is 2.74. The molecular weight excluding hydrogens is 440 g/mol. The van der Waals surface area contributed by atoms with Crippen LogP contribution in [0.2, 0.25) is 5.02 Å². The van der Waals surface area contributed by atoms with Gasteiger partial charge >= 0.3 is 0 Å². The van der Waals surface area contributed by atoms with Crippen LogP contribution in [0.1, 0.15) is 69.3 Å². The predicted octanol–water partition coefficient (Wildman–Crippen LogP) is 4.63. The molecule has 1 aliphatic rings. The molecule has 0 aliphatic heterocycles. The molecule has 2 aromatic rings. The molecule has 4 N–H and O–H groups in total. The van der Waals surface area contributed by atoms with Gasteiger partial charge in [0, 0.05) is 30.5 Å². The van der Waals surface area contributed by atoms with Crippen molar-refractivity contribution in [2.24, 2.45) is 5.92 Å². The van der Waals surface area contributed by atoms with Gasteiger partial charge in [-0.05, 0) is 65.4 Å². The number of rotatable bonds is 7. The standard InChI is InChI=1S/C24H31ClN6O2/c1-14(2)29-20-10-21(31-22-19(25)9-15(11-26)12-28-22)27-13-18(20)23(32)30-17-7-5-16(6-8-17)24(3,4)33/h9-10,12-14,16-17,33H,5-8H2,1-4H3,(H,30,32)(H2,27,28,29,31). The van der Waals surface area contributed by atoms with Crippen molar-refractivity contribution in [2.75, 3.05) is 10.6 Å². The minimum atomic E-state index is -0.692. The number of aliphatic hydroxyl groups is 1. The van der Waals surface area contributed by atoms with Crippen molar-refractivity contribution in [1.29, 1.82) is 5.26 Å². The second-order valence-corrected chi connectivity index (χ2v) is 9.79. The third-order valence-electron chi connectivity index (χ3n) is 5.87. The molecule has 176 valence electrons. The Hall–Kier alpha value is -2.89. The summed E-state index contributed by atoms with van der Waals surface area (Å²) in [6.45, 7) is 7.68. The summed E-state index contributed by atoms with van der Waals surface area (Å²) < 4.78 is 0. The van der Waals surface area contributed by atoms with Gasteiger partial charge in [0.05, 0.1) is 27.4 Å². The molecule has 2 aromatic heterocycles. The number of anilines is 3. The first-order valence-corrected chi connectivity index (χ1v) is 11.6. The first-order chi connectivity index (χ1) is 15.6. The molecule has 1 saturated carbocycles. The molecule has 0 atom stereocenters. The molecule has 0 spiro atoms. The summed E-state index contributed by atoms with van der Waals surface area (Å²) >= 11 is 6.21. The number of halogens is 1. The van der Waals surface area contributed by atoms with Crippen molar-refractivity contribution < 1.29 is 9.90 Å². The van der Waals surface area contributed by atoms with Crippen LogP contribution in [0.3, 0.4) is 0 Å². The molecule has 3 rings (SSSR count). The van der Waals surface area contributed by atoms with Gasteiger partial charge in [-0.1, -0.05) is 11.6 Å². The maximum atomic E-state index is 13.1. The highest BCUT2D eigenvalue weighted by molar-refractivity contribution is 6.33. The topological polar surface area (TPSA) is 123 Å². The van der Waals surface area contributed by atoms with Crippen LogP contribution in [0.4, 0.5) is 17.3 Å². The van der Waals surface area contributed by atoms with E-state index in [9.17, 15) is 9.90 Å². The van der Waals surface area contributed by atoms with E-state index >= 15 is 0 Å². The number of nitriles is 1. The van der Waals surface area contributed by atoms with Gasteiger partial charge in [-0.25, -0.2) is 9.97 Å². The molecule has 0 bridgehead atoms. The van der Waals surface area contributed by atoms with Crippen LogP contribution in [0.5, 0.6) is 0 Å². The van der Waals surface area contributed by atoms with E-state index in [0.717, 1.165) is 25.7 Å². The summed E-state index contributed by atoms with van der Waals surface area (Å²) in [6.07, 6.45) is 6.39. The molecule has 0 aromatic carbocycles. The number of amides is 1. The van der Waals surface area contributed by atoms with E-state index in [1.165, 1.54) is 18.5 Å². The number of nitrogens with one attached hydrogen (secondary N) is 3. The van der Waals surface area contributed by atoms with Crippen molar-refractivity contribution in [2.45, 2.75) is 71.1 Å². The zero-order chi connectivity index (χ0) is 24.2. The lowest BCUT2D eigenvalue weighted by Crippen LogP contribution is -2.42. The molecule has 1 fully saturated rings. The van der Waals surface area contributed by atoms with E-state index in [1.807, 2.05) is 33.8 Å². The summed E-state index contributed by atoms with van der Waals surface area (Å²) in [5, 5.41) is 29.0. The lowest BCUT2D eigenvalue weighted by atomic mass is 9.77. The van der Waals surface area contributed by atoms with E-state index in [-0.39, 0.29) is 23.9 Å². The third-order valence-corrected chi connectivity index (χ3v) is 6.16. The van der Waals surface area contributed by atoms with Gasteiger partial charge in [-0.15, -0.1) is 0 Å². The number of carbonyl (C=O) groups is 1. The number of nitrogens with zero attached hydrogens (tertiary/aromatic N) is 3. The van der Waals surface area contributed by atoms with Crippen LogP contribution in [-0.2, 0) is 0 Å². The fraction of sp³-hybridized carbons (Fsp3) is 0.500. The van der Waals surface area contributed by atoms with E-state index < -0.39 is 5.60 Å². The quantitative estimate of drug-likeness (QED) is 0.465. The molecule has 1 aliphatic carbocycles. The van der Waals surface area contributed by atoms with E-state index in [4.69, 9.17) is 16.9 Å². The normalized spacial score (nSPS) is 18.5. The minimum Gasteiger partial charge on any atom is -0.390 e. The van der Waals surface area contributed by atoms with Crippen LogP contribution in [0.15, 0.2) is 24.5 Å². The largest absolute Gasteiger partial charge is 0.390 e. The Morgan fingerprint density at radius 1 is 1.21 bits per heavy atom. The van der Waals surface area contributed by atoms with Gasteiger partial charge in [0.1, 0.15) is 17.7 Å². The summed E-state index contributed by atoms with van der Waals surface area (Å²) in [6, 6.07) is 5.44. The Kier molecular flexibility index (Phi) is 7.77. The lowest BCUT2D eigenvalue weighted by molar-refractivity contribution is -0.00257. The highest BCUT2D eigenvalue weighted by Gasteiger charge is 2.32. The summed E-state index contributed by atoms with van der Waals surface area (Å²) in [5.41, 5.74) is 0.778. The van der Waals surface area contributed by atoms with Gasteiger partial charge in [0.2, 0.25) is 0 Å². The lowest BCUT2D eigenvalue weighted by Gasteiger charge is -2.36. The molecular formula is C24H31ClN6O2. The van der Waals surface area contributed by atoms with Gasteiger partial charge in [-0.2, -0.15) is 5.26 Å². The third kappa shape index (κ3) is 6.56. The Morgan fingerprint density at radius 3 is 2.48 bits per heavy atom. The summed E-state index contributed by atoms with van der Waals surface area (Å²) in [7, 11) is 0. The Bertz CT molecular complexity index is 1040. The molecule has 33 heavy (non-hydrogen) atoms. The maximum Gasteiger partial charge on any atom is 0.255 e. The summed E-state index contributed by atoms with van der Waals surface area (Å²) in [4.78, 5) is 21.6. The maximum absolute atomic E-state index is 13.1. The van der Waals surface area contributed by atoms with Gasteiger partial charge in [0.15, 0.2) is 0 Å². The first-order valence-electron chi connectivity index (χ1n) is 11.2. The SMILES string of the molecule is CC(C)Nc1cc(Nc2ncc(C#N)cc2Cl)ncc1C(=O)NC1CCC(C(C)(C)O)CC1.